The van der Waals surface area contributed by atoms with E-state index in [1.165, 1.54) is 5.41 Å². The van der Waals surface area contributed by atoms with Crippen molar-refractivity contribution in [3.8, 4) is 0 Å². The average molecular weight is 328 g/mol. The lowest BCUT2D eigenvalue weighted by Crippen LogP contribution is -2.33. The highest BCUT2D eigenvalue weighted by Crippen LogP contribution is 2.23. The van der Waals surface area contributed by atoms with Gasteiger partial charge in [0.05, 0.1) is 5.75 Å². The van der Waals surface area contributed by atoms with Gasteiger partial charge >= 0.3 is 0 Å². The van der Waals surface area contributed by atoms with Gasteiger partial charge in [-0.1, -0.05) is 24.6 Å². The average Bonchev–Trinajstić information content (AvgIpc) is 2.76. The number of amides is 1. The minimum atomic E-state index is -3.12. The molecule has 1 aromatic rings. The third-order valence-electron chi connectivity index (χ3n) is 3.33. The molecule has 1 aromatic carbocycles. The fraction of sp³-hybridized carbons (Fsp3) is 0.400. The number of carbonyl (C=O) groups is 1. The van der Waals surface area contributed by atoms with Crippen LogP contribution in [0.2, 0.25) is 5.02 Å². The smallest absolute Gasteiger partial charge is 0.227 e. The Kier molecular flexibility index (Phi) is 5.06. The summed E-state index contributed by atoms with van der Waals surface area (Å²) in [4.78, 5) is 14.1. The van der Waals surface area contributed by atoms with Crippen LogP contribution in [0.5, 0.6) is 0 Å². The molecule has 0 saturated heterocycles. The van der Waals surface area contributed by atoms with E-state index in [0.717, 1.165) is 12.1 Å². The zero-order valence-electron chi connectivity index (χ0n) is 11.8. The molecule has 0 aliphatic carbocycles. The van der Waals surface area contributed by atoms with Crippen LogP contribution < -0.4 is 4.90 Å². The van der Waals surface area contributed by atoms with Crippen LogP contribution in [0, 0.1) is 5.92 Å². The largest absolute Gasteiger partial charge is 0.312 e. The quantitative estimate of drug-likeness (QED) is 0.835. The summed E-state index contributed by atoms with van der Waals surface area (Å²) in [5.41, 5.74) is 0.788. The van der Waals surface area contributed by atoms with Crippen LogP contribution in [0.3, 0.4) is 0 Å². The number of hydrogen-bond acceptors (Lipinski definition) is 3. The molecule has 0 N–H and O–H groups in total. The van der Waals surface area contributed by atoms with E-state index in [2.05, 4.69) is 0 Å². The van der Waals surface area contributed by atoms with E-state index in [1.54, 1.807) is 35.2 Å². The Labute approximate surface area is 130 Å². The standard InChI is InChI=1S/C15H18ClNO3S/c1-2-8-17(14-5-3-13(16)4-6-14)15(18)10-12-7-9-21(19,20)11-12/h3-7,9,12H,2,8,10-11H2,1H3. The second kappa shape index (κ2) is 6.62. The first-order valence-corrected chi connectivity index (χ1v) is 8.97. The topological polar surface area (TPSA) is 54.5 Å². The van der Waals surface area contributed by atoms with E-state index in [9.17, 15) is 13.2 Å². The molecule has 6 heteroatoms. The molecule has 21 heavy (non-hydrogen) atoms. The van der Waals surface area contributed by atoms with Crippen LogP contribution >= 0.6 is 11.6 Å². The highest BCUT2D eigenvalue weighted by atomic mass is 35.5. The monoisotopic (exact) mass is 327 g/mol. The van der Waals surface area contributed by atoms with Gasteiger partial charge in [0.2, 0.25) is 5.91 Å². The normalized spacial score (nSPS) is 19.6. The van der Waals surface area contributed by atoms with Crippen LogP contribution in [0.1, 0.15) is 19.8 Å². The summed E-state index contributed by atoms with van der Waals surface area (Å²) >= 11 is 5.86. The summed E-state index contributed by atoms with van der Waals surface area (Å²) in [5.74, 6) is -0.264. The van der Waals surface area contributed by atoms with Gasteiger partial charge in [0, 0.05) is 35.0 Å². The predicted octanol–water partition coefficient (Wildman–Crippen LogP) is 3.03. The van der Waals surface area contributed by atoms with Crippen LogP contribution in [-0.2, 0) is 14.6 Å². The van der Waals surface area contributed by atoms with E-state index in [-0.39, 0.29) is 24.0 Å². The van der Waals surface area contributed by atoms with Gasteiger partial charge in [0.15, 0.2) is 9.84 Å². The Morgan fingerprint density at radius 2 is 2.00 bits per heavy atom. The zero-order chi connectivity index (χ0) is 15.5. The molecule has 1 heterocycles. The Hall–Kier alpha value is -1.33. The maximum Gasteiger partial charge on any atom is 0.227 e. The van der Waals surface area contributed by atoms with E-state index >= 15 is 0 Å². The summed E-state index contributed by atoms with van der Waals surface area (Å²) in [5, 5.41) is 1.82. The van der Waals surface area contributed by atoms with E-state index in [1.807, 2.05) is 6.92 Å². The Balaban J connectivity index is 2.09. The van der Waals surface area contributed by atoms with Gasteiger partial charge in [0.1, 0.15) is 0 Å². The highest BCUT2D eigenvalue weighted by molar-refractivity contribution is 7.94. The lowest BCUT2D eigenvalue weighted by atomic mass is 10.1. The van der Waals surface area contributed by atoms with Gasteiger partial charge in [-0.05, 0) is 30.7 Å². The minimum absolute atomic E-state index is 0.0271. The maximum atomic E-state index is 12.4. The molecule has 0 fully saturated rings. The molecule has 1 amide bonds. The fourth-order valence-electron chi connectivity index (χ4n) is 2.34. The fourth-order valence-corrected chi connectivity index (χ4v) is 3.87. The molecule has 1 aliphatic heterocycles. The van der Waals surface area contributed by atoms with Crippen molar-refractivity contribution in [3.05, 3.63) is 40.8 Å². The first-order valence-electron chi connectivity index (χ1n) is 6.88. The second-order valence-corrected chi connectivity index (χ2v) is 7.51. The second-order valence-electron chi connectivity index (χ2n) is 5.14. The summed E-state index contributed by atoms with van der Waals surface area (Å²) in [6.07, 6.45) is 2.64. The minimum Gasteiger partial charge on any atom is -0.312 e. The molecule has 1 unspecified atom stereocenters. The summed E-state index contributed by atoms with van der Waals surface area (Å²) in [6.45, 7) is 2.60. The number of carbonyl (C=O) groups excluding carboxylic acids is 1. The van der Waals surface area contributed by atoms with Gasteiger partial charge in [-0.25, -0.2) is 8.42 Å². The van der Waals surface area contributed by atoms with Crippen molar-refractivity contribution in [1.82, 2.24) is 0 Å². The molecule has 0 bridgehead atoms. The molecule has 4 nitrogen and oxygen atoms in total. The van der Waals surface area contributed by atoms with Crippen molar-refractivity contribution in [2.45, 2.75) is 19.8 Å². The Bertz CT molecular complexity index is 637. The third kappa shape index (κ3) is 4.32. The Morgan fingerprint density at radius 3 is 2.52 bits per heavy atom. The van der Waals surface area contributed by atoms with Crippen molar-refractivity contribution < 1.29 is 13.2 Å². The van der Waals surface area contributed by atoms with Gasteiger partial charge < -0.3 is 4.90 Å². The van der Waals surface area contributed by atoms with E-state index < -0.39 is 9.84 Å². The van der Waals surface area contributed by atoms with Gasteiger partial charge in [0.25, 0.3) is 0 Å². The lowest BCUT2D eigenvalue weighted by Gasteiger charge is -2.23. The van der Waals surface area contributed by atoms with Crippen molar-refractivity contribution in [3.63, 3.8) is 0 Å². The maximum absolute atomic E-state index is 12.4. The first kappa shape index (κ1) is 16.0. The van der Waals surface area contributed by atoms with Gasteiger partial charge in [-0.15, -0.1) is 0 Å². The van der Waals surface area contributed by atoms with Crippen molar-refractivity contribution in [2.24, 2.45) is 5.92 Å². The van der Waals surface area contributed by atoms with E-state index in [4.69, 9.17) is 11.6 Å². The third-order valence-corrected chi connectivity index (χ3v) is 5.04. The number of rotatable bonds is 5. The predicted molar refractivity (Wildman–Crippen MR) is 85.1 cm³/mol. The summed E-state index contributed by atoms with van der Waals surface area (Å²) < 4.78 is 22.8. The van der Waals surface area contributed by atoms with Gasteiger partial charge in [-0.2, -0.15) is 0 Å². The highest BCUT2D eigenvalue weighted by Gasteiger charge is 2.26. The number of sulfone groups is 1. The van der Waals surface area contributed by atoms with E-state index in [0.29, 0.717) is 11.6 Å². The van der Waals surface area contributed by atoms with Crippen molar-refractivity contribution in [2.75, 3.05) is 17.2 Å². The SMILES string of the molecule is CCCN(C(=O)CC1C=CS(=O)(=O)C1)c1ccc(Cl)cc1. The van der Waals surface area contributed by atoms with Crippen molar-refractivity contribution in [1.29, 1.82) is 0 Å². The number of anilines is 1. The number of allylic oxidation sites excluding steroid dienone is 1. The first-order chi connectivity index (χ1) is 9.91. The van der Waals surface area contributed by atoms with Crippen LogP contribution in [-0.4, -0.2) is 26.6 Å². The number of halogens is 1. The summed E-state index contributed by atoms with van der Waals surface area (Å²) in [6, 6.07) is 7.09. The number of nitrogens with zero attached hydrogens (tertiary/aromatic N) is 1. The lowest BCUT2D eigenvalue weighted by molar-refractivity contribution is -0.119. The molecule has 1 aliphatic rings. The molecule has 2 rings (SSSR count). The Morgan fingerprint density at radius 1 is 1.33 bits per heavy atom. The molecular formula is C15H18ClNO3S. The molecule has 0 radical (unpaired) electrons. The zero-order valence-corrected chi connectivity index (χ0v) is 13.4. The van der Waals surface area contributed by atoms with Gasteiger partial charge in [-0.3, -0.25) is 4.79 Å². The molecule has 0 saturated carbocycles. The van der Waals surface area contributed by atoms with Crippen LogP contribution in [0.15, 0.2) is 35.7 Å². The van der Waals surface area contributed by atoms with Crippen molar-refractivity contribution >= 4 is 33.0 Å². The molecule has 1 atom stereocenters. The summed E-state index contributed by atoms with van der Waals surface area (Å²) in [7, 11) is -3.12. The molecule has 114 valence electrons. The van der Waals surface area contributed by atoms with Crippen LogP contribution in [0.4, 0.5) is 5.69 Å². The molecule has 0 spiro atoms. The molecule has 0 aromatic heterocycles. The number of benzene rings is 1. The molecular weight excluding hydrogens is 310 g/mol. The van der Waals surface area contributed by atoms with Crippen LogP contribution in [0.25, 0.3) is 0 Å². The number of hydrogen-bond donors (Lipinski definition) is 0.